The second-order valence-electron chi connectivity index (χ2n) is 7.37. The van der Waals surface area contributed by atoms with Gasteiger partial charge in [-0.3, -0.25) is 4.79 Å². The van der Waals surface area contributed by atoms with Gasteiger partial charge < -0.3 is 15.4 Å². The molecule has 2 atom stereocenters. The summed E-state index contributed by atoms with van der Waals surface area (Å²) in [6, 6.07) is 2.52. The molecule has 3 heterocycles. The summed E-state index contributed by atoms with van der Waals surface area (Å²) in [4.78, 5) is 26.6. The van der Waals surface area contributed by atoms with Gasteiger partial charge in [-0.1, -0.05) is 12.8 Å². The van der Waals surface area contributed by atoms with E-state index in [4.69, 9.17) is 0 Å². The highest BCUT2D eigenvalue weighted by atomic mass is 19.4. The van der Waals surface area contributed by atoms with Crippen LogP contribution in [0.15, 0.2) is 24.7 Å². The average molecular weight is 430 g/mol. The lowest BCUT2D eigenvalue weighted by atomic mass is 9.84. The van der Waals surface area contributed by atoms with Crippen LogP contribution in [0.2, 0.25) is 0 Å². The lowest BCUT2D eigenvalue weighted by Crippen LogP contribution is -2.37. The van der Waals surface area contributed by atoms with Gasteiger partial charge in [0, 0.05) is 29.4 Å². The van der Waals surface area contributed by atoms with Crippen molar-refractivity contribution in [2.24, 2.45) is 5.92 Å². The van der Waals surface area contributed by atoms with Crippen molar-refractivity contribution >= 4 is 23.0 Å². The molecule has 0 aromatic carbocycles. The average Bonchev–Trinajstić information content (AvgIpc) is 3.16. The Morgan fingerprint density at radius 2 is 2.03 bits per heavy atom. The fourth-order valence-corrected chi connectivity index (χ4v) is 3.86. The van der Waals surface area contributed by atoms with Crippen LogP contribution in [0.5, 0.6) is 0 Å². The van der Waals surface area contributed by atoms with Crippen LogP contribution < -0.4 is 5.32 Å². The van der Waals surface area contributed by atoms with Crippen molar-refractivity contribution < 1.29 is 23.1 Å². The summed E-state index contributed by atoms with van der Waals surface area (Å²) >= 11 is 0. The highest BCUT2D eigenvalue weighted by molar-refractivity contribution is 5.94. The lowest BCUT2D eigenvalue weighted by Gasteiger charge is -2.29. The van der Waals surface area contributed by atoms with Crippen LogP contribution in [0.1, 0.15) is 36.8 Å². The maximum Gasteiger partial charge on any atom is 0.417 e. The summed E-state index contributed by atoms with van der Waals surface area (Å²) in [5.74, 6) is -1.39. The molecule has 1 saturated carbocycles. The van der Waals surface area contributed by atoms with E-state index in [-0.39, 0.29) is 39.8 Å². The zero-order valence-corrected chi connectivity index (χ0v) is 16.1. The van der Waals surface area contributed by atoms with E-state index in [1.165, 1.54) is 12.4 Å². The van der Waals surface area contributed by atoms with Crippen LogP contribution in [0, 0.1) is 17.2 Å². The molecular formula is C20H17F3N6O2. The molecule has 0 bridgehead atoms. The molecule has 1 aliphatic carbocycles. The minimum absolute atomic E-state index is 0.0716. The van der Waals surface area contributed by atoms with E-state index in [0.717, 1.165) is 25.1 Å². The zero-order chi connectivity index (χ0) is 22.2. The van der Waals surface area contributed by atoms with Crippen LogP contribution in [0.4, 0.5) is 19.1 Å². The summed E-state index contributed by atoms with van der Waals surface area (Å²) in [5.41, 5.74) is -0.220. The van der Waals surface area contributed by atoms with Gasteiger partial charge >= 0.3 is 12.1 Å². The first-order chi connectivity index (χ1) is 14.8. The number of nitrogens with zero attached hydrogens (tertiary/aromatic N) is 4. The molecule has 0 aliphatic heterocycles. The third-order valence-electron chi connectivity index (χ3n) is 5.42. The van der Waals surface area contributed by atoms with Crippen LogP contribution >= 0.6 is 0 Å². The highest BCUT2D eigenvalue weighted by Crippen LogP contribution is 2.35. The van der Waals surface area contributed by atoms with Crippen molar-refractivity contribution in [2.75, 3.05) is 5.32 Å². The van der Waals surface area contributed by atoms with E-state index in [0.29, 0.717) is 12.8 Å². The molecular weight excluding hydrogens is 413 g/mol. The molecule has 31 heavy (non-hydrogen) atoms. The number of carboxylic acids is 1. The number of aliphatic carboxylic acids is 1. The molecule has 3 aromatic heterocycles. The van der Waals surface area contributed by atoms with Gasteiger partial charge in [-0.15, -0.1) is 0 Å². The summed E-state index contributed by atoms with van der Waals surface area (Å²) in [5, 5.41) is 22.1. The first kappa shape index (κ1) is 20.6. The van der Waals surface area contributed by atoms with Gasteiger partial charge in [-0.05, 0) is 18.9 Å². The van der Waals surface area contributed by atoms with E-state index in [2.05, 4.69) is 25.3 Å². The van der Waals surface area contributed by atoms with Gasteiger partial charge in [0.25, 0.3) is 0 Å². The van der Waals surface area contributed by atoms with Crippen molar-refractivity contribution in [3.8, 4) is 17.3 Å². The number of carboxylic acid groups (broad SMARTS) is 1. The second kappa shape index (κ2) is 7.86. The number of halogens is 3. The molecule has 3 N–H and O–H groups in total. The normalized spacial score (nSPS) is 19.2. The Morgan fingerprint density at radius 1 is 1.26 bits per heavy atom. The number of carbonyl (C=O) groups is 1. The zero-order valence-electron chi connectivity index (χ0n) is 16.1. The molecule has 0 spiro atoms. The van der Waals surface area contributed by atoms with Crippen LogP contribution in [0.25, 0.3) is 22.3 Å². The predicted octanol–water partition coefficient (Wildman–Crippen LogP) is 3.97. The quantitative estimate of drug-likeness (QED) is 0.571. The third-order valence-corrected chi connectivity index (χ3v) is 5.42. The Hall–Kier alpha value is -3.68. The van der Waals surface area contributed by atoms with Gasteiger partial charge in [0.05, 0.1) is 28.9 Å². The first-order valence-electron chi connectivity index (χ1n) is 9.59. The number of nitrogens with one attached hydrogen (secondary N) is 2. The number of aromatic amines is 1. The van der Waals surface area contributed by atoms with Crippen molar-refractivity contribution in [3.05, 3.63) is 35.8 Å². The standard InChI is InChI=1S/C20H17F3N6O2/c21-20(22,23)11-5-13-14(9-26-17(13)25-8-11)16-10(6-24)7-27-19(29-16)28-15-4-2-1-3-12(15)18(30)31/h5,7-9,12,15H,1-4H2,(H,25,26)(H,30,31)(H,27,28,29). The SMILES string of the molecule is N#Cc1cnc(NC2CCCCC2C(=O)O)nc1-c1c[nH]c2ncc(C(F)(F)F)cc12. The highest BCUT2D eigenvalue weighted by Gasteiger charge is 2.33. The number of fused-ring (bicyclic) bond motifs is 1. The molecule has 0 radical (unpaired) electrons. The van der Waals surface area contributed by atoms with Gasteiger partial charge in [0.1, 0.15) is 11.7 Å². The van der Waals surface area contributed by atoms with Gasteiger partial charge in [0.2, 0.25) is 5.95 Å². The van der Waals surface area contributed by atoms with Crippen molar-refractivity contribution in [1.29, 1.82) is 5.26 Å². The summed E-state index contributed by atoms with van der Waals surface area (Å²) in [6.07, 6.45) is 1.70. The van der Waals surface area contributed by atoms with Gasteiger partial charge in [-0.25, -0.2) is 15.0 Å². The molecule has 11 heteroatoms. The van der Waals surface area contributed by atoms with Crippen molar-refractivity contribution in [3.63, 3.8) is 0 Å². The number of nitriles is 1. The minimum atomic E-state index is -4.57. The number of rotatable bonds is 4. The Morgan fingerprint density at radius 3 is 2.74 bits per heavy atom. The molecule has 8 nitrogen and oxygen atoms in total. The number of H-pyrrole nitrogens is 1. The maximum absolute atomic E-state index is 13.1. The fourth-order valence-electron chi connectivity index (χ4n) is 3.86. The number of hydrogen-bond donors (Lipinski definition) is 3. The molecule has 4 rings (SSSR count). The predicted molar refractivity (Wildman–Crippen MR) is 104 cm³/mol. The number of pyridine rings is 1. The molecule has 1 aliphatic rings. The Labute approximate surface area is 174 Å². The monoisotopic (exact) mass is 430 g/mol. The van der Waals surface area contributed by atoms with Crippen molar-refractivity contribution in [2.45, 2.75) is 37.9 Å². The Balaban J connectivity index is 1.75. The Bertz CT molecular complexity index is 1180. The topological polar surface area (TPSA) is 128 Å². The van der Waals surface area contributed by atoms with E-state index in [1.807, 2.05) is 6.07 Å². The first-order valence-corrected chi connectivity index (χ1v) is 9.59. The van der Waals surface area contributed by atoms with E-state index in [1.54, 1.807) is 0 Å². The van der Waals surface area contributed by atoms with Gasteiger partial charge in [0.15, 0.2) is 0 Å². The van der Waals surface area contributed by atoms with Crippen LogP contribution in [-0.4, -0.2) is 37.1 Å². The Kier molecular flexibility index (Phi) is 5.22. The van der Waals surface area contributed by atoms with E-state index >= 15 is 0 Å². The summed E-state index contributed by atoms with van der Waals surface area (Å²) in [7, 11) is 0. The molecule has 3 aromatic rings. The minimum Gasteiger partial charge on any atom is -0.481 e. The molecule has 0 amide bonds. The van der Waals surface area contributed by atoms with E-state index in [9.17, 15) is 28.3 Å². The van der Waals surface area contributed by atoms with Crippen molar-refractivity contribution in [1.82, 2.24) is 19.9 Å². The molecule has 2 unspecified atom stereocenters. The lowest BCUT2D eigenvalue weighted by molar-refractivity contribution is -0.143. The van der Waals surface area contributed by atoms with Crippen LogP contribution in [-0.2, 0) is 11.0 Å². The van der Waals surface area contributed by atoms with Gasteiger partial charge in [-0.2, -0.15) is 18.4 Å². The number of alkyl halides is 3. The molecule has 1 fully saturated rings. The van der Waals surface area contributed by atoms with Crippen LogP contribution in [0.3, 0.4) is 0 Å². The second-order valence-corrected chi connectivity index (χ2v) is 7.37. The third kappa shape index (κ3) is 4.01. The number of anilines is 1. The van der Waals surface area contributed by atoms with E-state index < -0.39 is 23.6 Å². The molecule has 0 saturated heterocycles. The fraction of sp³-hybridized carbons (Fsp3) is 0.350. The largest absolute Gasteiger partial charge is 0.481 e. The summed E-state index contributed by atoms with van der Waals surface area (Å²) in [6.45, 7) is 0. The summed E-state index contributed by atoms with van der Waals surface area (Å²) < 4.78 is 39.4. The number of hydrogen-bond acceptors (Lipinski definition) is 6. The number of aromatic nitrogens is 4. The molecule has 160 valence electrons. The smallest absolute Gasteiger partial charge is 0.417 e. The maximum atomic E-state index is 13.1.